The van der Waals surface area contributed by atoms with Gasteiger partial charge in [-0.05, 0) is 6.92 Å². The van der Waals surface area contributed by atoms with Gasteiger partial charge in [0.1, 0.15) is 10.6 Å². The number of Topliss-reactive ketones (excluding diaryl/α,β-unsaturated/α-hetero) is 1. The zero-order valence-corrected chi connectivity index (χ0v) is 29.3. The number of rotatable bonds is 2. The van der Waals surface area contributed by atoms with Crippen LogP contribution < -0.4 is 0 Å². The van der Waals surface area contributed by atoms with Crippen LogP contribution >= 0.6 is 209 Å². The molecule has 0 radical (unpaired) electrons. The maximum absolute atomic E-state index is 10.1. The molecular weight excluding hydrogens is 798 g/mol. The van der Waals surface area contributed by atoms with Crippen molar-refractivity contribution in [3.8, 4) is 0 Å². The number of carbonyl (C=O) groups excluding carboxylic acids is 1. The molecule has 0 aliphatic carbocycles. The van der Waals surface area contributed by atoms with Crippen LogP contribution in [0.1, 0.15) is 13.3 Å². The molecule has 0 aliphatic heterocycles. The van der Waals surface area contributed by atoms with E-state index in [1.54, 1.807) is 0 Å². The molecule has 0 aromatic rings. The highest BCUT2D eigenvalue weighted by molar-refractivity contribution is 6.45. The number of ketones is 1. The fourth-order valence-electron chi connectivity index (χ4n) is 0.217. The van der Waals surface area contributed by atoms with Crippen LogP contribution in [0.25, 0.3) is 0 Å². The van der Waals surface area contributed by atoms with E-state index in [4.69, 9.17) is 209 Å². The molecule has 0 atom stereocenters. The molecule has 1 nitrogen and oxygen atoms in total. The van der Waals surface area contributed by atoms with Gasteiger partial charge in [-0.1, -0.05) is 0 Å². The van der Waals surface area contributed by atoms with Gasteiger partial charge in [-0.25, -0.2) is 0 Å². The molecule has 0 spiro atoms. The van der Waals surface area contributed by atoms with E-state index < -0.39 is 4.84 Å². The topological polar surface area (TPSA) is 17.1 Å². The first-order valence-corrected chi connectivity index (χ1v) is 15.6. The highest BCUT2D eigenvalue weighted by atomic mass is 35.6. The first-order valence-electron chi connectivity index (χ1n) is 6.18. The SMILES string of the molecule is CC(=O)CC(Cl)Cl.ClCCl.ClCCl.ClCCl.ClCCl.ClCCl.ClCCl.ClCCl.ClCCl. The molecule has 0 aromatic carbocycles. The summed E-state index contributed by atoms with van der Waals surface area (Å²) in [5.41, 5.74) is 0. The number of hydrogen-bond donors (Lipinski definition) is 0. The van der Waals surface area contributed by atoms with E-state index in [9.17, 15) is 4.79 Å². The third kappa shape index (κ3) is 478. The minimum atomic E-state index is -0.530. The van der Waals surface area contributed by atoms with Crippen molar-refractivity contribution in [3.63, 3.8) is 0 Å². The first-order chi connectivity index (χ1) is 14.4. The molecule has 0 bridgehead atoms. The van der Waals surface area contributed by atoms with Gasteiger partial charge in [-0.3, -0.25) is 4.79 Å². The monoisotopic (exact) mass is 812 g/mol. The van der Waals surface area contributed by atoms with Crippen LogP contribution in [0.3, 0.4) is 0 Å². The summed E-state index contributed by atoms with van der Waals surface area (Å²) in [7, 11) is 0. The average molecular weight is 820 g/mol. The van der Waals surface area contributed by atoms with Crippen molar-refractivity contribution in [2.45, 2.75) is 18.2 Å². The molecule has 0 fully saturated rings. The van der Waals surface area contributed by atoms with Crippen molar-refractivity contribution < 1.29 is 4.79 Å². The summed E-state index contributed by atoms with van der Waals surface area (Å²) in [6, 6.07) is 0. The Kier molecular flexibility index (Phi) is 197. The van der Waals surface area contributed by atoms with Crippen LogP contribution in [0.4, 0.5) is 0 Å². The van der Waals surface area contributed by atoms with Gasteiger partial charge in [0.2, 0.25) is 0 Å². The predicted molar refractivity (Wildman–Crippen MR) is 163 cm³/mol. The quantitative estimate of drug-likeness (QED) is 0.254. The third-order valence-corrected chi connectivity index (χ3v) is 0.750. The van der Waals surface area contributed by atoms with Crippen molar-refractivity contribution in [3.05, 3.63) is 0 Å². The molecule has 0 saturated carbocycles. The zero-order valence-electron chi connectivity index (χ0n) is 15.7. The lowest BCUT2D eigenvalue weighted by Crippen LogP contribution is -1.95. The minimum absolute atomic E-state index is 0.0231. The first kappa shape index (κ1) is 60.4. The van der Waals surface area contributed by atoms with Gasteiger partial charge in [0.15, 0.2) is 0 Å². The molecular formula is C12H22Cl18O. The Hall–Kier alpha value is 4.89. The standard InChI is InChI=1S/C4H6Cl2O.8CH2Cl2/c1-3(7)2-4(5)6;8*2-1-3/h4H,2H2,1H3;8*1H2. The lowest BCUT2D eigenvalue weighted by atomic mass is 10.4. The molecule has 19 heteroatoms. The van der Waals surface area contributed by atoms with Crippen LogP contribution in [0.15, 0.2) is 0 Å². The van der Waals surface area contributed by atoms with Crippen molar-refractivity contribution in [2.24, 2.45) is 0 Å². The average Bonchev–Trinajstić information content (AvgIpc) is 2.59. The highest BCUT2D eigenvalue weighted by Crippen LogP contribution is 2.05. The Labute approximate surface area is 276 Å². The number of halogens is 18. The summed E-state index contributed by atoms with van der Waals surface area (Å²) in [5.74, 6) is 0.0231. The molecule has 0 saturated heterocycles. The third-order valence-electron chi connectivity index (χ3n) is 0.442. The van der Waals surface area contributed by atoms with Gasteiger partial charge in [0.25, 0.3) is 0 Å². The summed E-state index contributed by atoms with van der Waals surface area (Å²) in [6.07, 6.45) is 0.253. The smallest absolute Gasteiger partial charge is 0.132 e. The van der Waals surface area contributed by atoms with E-state index in [1.165, 1.54) is 6.92 Å². The van der Waals surface area contributed by atoms with Gasteiger partial charge in [-0.15, -0.1) is 209 Å². The molecule has 0 rings (SSSR count). The van der Waals surface area contributed by atoms with Crippen LogP contribution in [-0.4, -0.2) is 53.3 Å². The normalized spacial score (nSPS) is 6.84. The Morgan fingerprint density at radius 3 is 0.548 bits per heavy atom. The predicted octanol–water partition coefficient (Wildman–Crippen LogP) is 13.1. The summed E-state index contributed by atoms with van der Waals surface area (Å²) >= 11 is 86.7. The molecule has 0 heterocycles. The molecule has 0 aliphatic rings. The molecule has 31 heavy (non-hydrogen) atoms. The number of carbonyl (C=O) groups is 1. The van der Waals surface area contributed by atoms with Gasteiger partial charge in [0, 0.05) is 6.42 Å². The highest BCUT2D eigenvalue weighted by Gasteiger charge is 2.00. The minimum Gasteiger partial charge on any atom is -0.300 e. The van der Waals surface area contributed by atoms with Crippen molar-refractivity contribution in [2.75, 3.05) is 42.7 Å². The van der Waals surface area contributed by atoms with Crippen LogP contribution in [-0.2, 0) is 4.79 Å². The summed E-state index contributed by atoms with van der Waals surface area (Å²) in [5, 5.41) is 1.56. The number of hydrogen-bond acceptors (Lipinski definition) is 1. The Balaban J connectivity index is -0.0000000258. The lowest BCUT2D eigenvalue weighted by Gasteiger charge is -1.90. The van der Waals surface area contributed by atoms with E-state index in [1.807, 2.05) is 0 Å². The molecule has 0 unspecified atom stereocenters. The van der Waals surface area contributed by atoms with Gasteiger partial charge >= 0.3 is 0 Å². The summed E-state index contributed by atoms with van der Waals surface area (Å²) in [6.45, 7) is 1.46. The fraction of sp³-hybridized carbons (Fsp3) is 0.917. The van der Waals surface area contributed by atoms with E-state index >= 15 is 0 Å². The molecule has 0 aromatic heterocycles. The second-order valence-corrected chi connectivity index (χ2v) is 9.85. The van der Waals surface area contributed by atoms with Gasteiger partial charge in [0.05, 0.1) is 42.7 Å². The van der Waals surface area contributed by atoms with E-state index in [2.05, 4.69) is 0 Å². The van der Waals surface area contributed by atoms with Crippen LogP contribution in [0.5, 0.6) is 0 Å². The Bertz CT molecular complexity index is 156. The largest absolute Gasteiger partial charge is 0.300 e. The van der Waals surface area contributed by atoms with Crippen molar-refractivity contribution in [1.29, 1.82) is 0 Å². The maximum atomic E-state index is 10.1. The second kappa shape index (κ2) is 101. The van der Waals surface area contributed by atoms with Crippen molar-refractivity contribution in [1.82, 2.24) is 0 Å². The van der Waals surface area contributed by atoms with Gasteiger partial charge in [-0.2, -0.15) is 0 Å². The lowest BCUT2D eigenvalue weighted by molar-refractivity contribution is -0.116. The second-order valence-electron chi connectivity index (χ2n) is 2.11. The Morgan fingerprint density at radius 1 is 0.452 bits per heavy atom. The van der Waals surface area contributed by atoms with Crippen LogP contribution in [0.2, 0.25) is 0 Å². The van der Waals surface area contributed by atoms with E-state index in [0.717, 1.165) is 0 Å². The molecule has 0 N–H and O–H groups in total. The van der Waals surface area contributed by atoms with Crippen molar-refractivity contribution >= 4 is 215 Å². The fourth-order valence-corrected chi connectivity index (χ4v) is 0.652. The van der Waals surface area contributed by atoms with Gasteiger partial charge < -0.3 is 0 Å². The zero-order chi connectivity index (χ0) is 27.5. The maximum Gasteiger partial charge on any atom is 0.132 e. The summed E-state index contributed by atoms with van der Waals surface area (Å²) in [4.78, 5) is 9.56. The molecule has 202 valence electrons. The number of alkyl halides is 18. The van der Waals surface area contributed by atoms with Crippen LogP contribution in [0, 0.1) is 0 Å². The van der Waals surface area contributed by atoms with E-state index in [-0.39, 0.29) is 54.9 Å². The molecule has 0 amide bonds. The summed E-state index contributed by atoms with van der Waals surface area (Å²) < 4.78 is 0. The Morgan fingerprint density at radius 2 is 0.548 bits per heavy atom. The van der Waals surface area contributed by atoms with E-state index in [0.29, 0.717) is 0 Å².